The number of hydrogen-bond acceptors (Lipinski definition) is 1. The molecule has 3 rings (SSSR count). The van der Waals surface area contributed by atoms with Crippen LogP contribution in [0.5, 0.6) is 0 Å². The number of nitrogens with zero attached hydrogens (tertiary/aromatic N) is 1. The van der Waals surface area contributed by atoms with Gasteiger partial charge in [0.25, 0.3) is 0 Å². The van der Waals surface area contributed by atoms with Gasteiger partial charge in [0.15, 0.2) is 0 Å². The van der Waals surface area contributed by atoms with E-state index in [1.165, 1.54) is 22.9 Å². The van der Waals surface area contributed by atoms with Gasteiger partial charge >= 0.3 is 0 Å². The van der Waals surface area contributed by atoms with Crippen LogP contribution in [-0.2, 0) is 19.6 Å². The van der Waals surface area contributed by atoms with Crippen molar-refractivity contribution in [3.63, 3.8) is 0 Å². The molecule has 0 radical (unpaired) electrons. The zero-order valence-corrected chi connectivity index (χ0v) is 8.03. The first kappa shape index (κ1) is 8.06. The van der Waals surface area contributed by atoms with E-state index in [0.717, 1.165) is 18.5 Å². The van der Waals surface area contributed by atoms with Gasteiger partial charge in [0.2, 0.25) is 0 Å². The van der Waals surface area contributed by atoms with E-state index in [2.05, 4.69) is 29.0 Å². The van der Waals surface area contributed by atoms with E-state index in [9.17, 15) is 0 Å². The van der Waals surface area contributed by atoms with Crippen molar-refractivity contribution in [2.45, 2.75) is 26.0 Å². The number of benzene rings is 1. The average Bonchev–Trinajstić information content (AvgIpc) is 2.64. The maximum atomic E-state index is 9.14. The molecule has 0 fully saturated rings. The molecule has 0 saturated carbocycles. The van der Waals surface area contributed by atoms with Gasteiger partial charge in [-0.3, -0.25) is 0 Å². The minimum Gasteiger partial charge on any atom is -0.392 e. The van der Waals surface area contributed by atoms with E-state index in [1.54, 1.807) is 0 Å². The lowest BCUT2D eigenvalue weighted by Gasteiger charge is -2.16. The number of aromatic nitrogens is 1. The van der Waals surface area contributed by atoms with Crippen LogP contribution in [0.4, 0.5) is 0 Å². The fraction of sp³-hybridized carbons (Fsp3) is 0.333. The maximum Gasteiger partial charge on any atom is 0.0682 e. The molecule has 1 aromatic heterocycles. The lowest BCUT2D eigenvalue weighted by atomic mass is 10.0. The van der Waals surface area contributed by atoms with Gasteiger partial charge in [-0.2, -0.15) is 0 Å². The highest BCUT2D eigenvalue weighted by Crippen LogP contribution is 2.27. The Kier molecular flexibility index (Phi) is 1.64. The first-order valence-electron chi connectivity index (χ1n) is 5.10. The third-order valence-corrected chi connectivity index (χ3v) is 3.03. The highest BCUT2D eigenvalue weighted by Gasteiger charge is 2.12. The standard InChI is InChI=1S/C12H13NO/c14-8-9-6-10-2-1-4-13-5-3-11(7-9)12(10)13/h3,5-7,14H,1-2,4,8H2. The van der Waals surface area contributed by atoms with Crippen molar-refractivity contribution in [2.75, 3.05) is 0 Å². The number of aliphatic hydroxyl groups excluding tert-OH is 1. The molecular weight excluding hydrogens is 174 g/mol. The third-order valence-electron chi connectivity index (χ3n) is 3.03. The highest BCUT2D eigenvalue weighted by molar-refractivity contribution is 5.84. The SMILES string of the molecule is OCc1cc2c3c(ccn3CCC2)c1. The van der Waals surface area contributed by atoms with Gasteiger partial charge in [0, 0.05) is 18.1 Å². The summed E-state index contributed by atoms with van der Waals surface area (Å²) in [5, 5.41) is 10.4. The van der Waals surface area contributed by atoms with E-state index in [4.69, 9.17) is 5.11 Å². The van der Waals surface area contributed by atoms with Crippen LogP contribution in [0.15, 0.2) is 24.4 Å². The number of aliphatic hydroxyl groups is 1. The highest BCUT2D eigenvalue weighted by atomic mass is 16.3. The zero-order valence-electron chi connectivity index (χ0n) is 8.03. The van der Waals surface area contributed by atoms with E-state index in [-0.39, 0.29) is 6.61 Å². The van der Waals surface area contributed by atoms with Crippen LogP contribution in [0.25, 0.3) is 10.9 Å². The molecule has 0 spiro atoms. The van der Waals surface area contributed by atoms with Gasteiger partial charge in [0.05, 0.1) is 12.1 Å². The second kappa shape index (κ2) is 2.85. The molecule has 1 aliphatic heterocycles. The Morgan fingerprint density at radius 2 is 2.29 bits per heavy atom. The molecule has 2 heteroatoms. The van der Waals surface area contributed by atoms with Gasteiger partial charge in [0.1, 0.15) is 0 Å². The van der Waals surface area contributed by atoms with Gasteiger partial charge in [-0.25, -0.2) is 0 Å². The van der Waals surface area contributed by atoms with E-state index < -0.39 is 0 Å². The molecule has 1 aliphatic rings. The molecule has 1 N–H and O–H groups in total. The predicted octanol–water partition coefficient (Wildman–Crippen LogP) is 2.08. The summed E-state index contributed by atoms with van der Waals surface area (Å²) in [6.45, 7) is 1.28. The number of hydrogen-bond donors (Lipinski definition) is 1. The van der Waals surface area contributed by atoms with Crippen molar-refractivity contribution in [3.8, 4) is 0 Å². The number of aryl methyl sites for hydroxylation is 2. The van der Waals surface area contributed by atoms with Gasteiger partial charge in [-0.1, -0.05) is 6.07 Å². The summed E-state index contributed by atoms with van der Waals surface area (Å²) in [6, 6.07) is 6.36. The van der Waals surface area contributed by atoms with Crippen molar-refractivity contribution in [1.29, 1.82) is 0 Å². The maximum absolute atomic E-state index is 9.14. The molecule has 0 atom stereocenters. The molecule has 0 amide bonds. The van der Waals surface area contributed by atoms with Gasteiger partial charge in [-0.05, 0) is 36.1 Å². The van der Waals surface area contributed by atoms with Crippen LogP contribution in [0.3, 0.4) is 0 Å². The molecule has 14 heavy (non-hydrogen) atoms. The molecule has 0 saturated heterocycles. The van der Waals surface area contributed by atoms with E-state index >= 15 is 0 Å². The molecule has 0 bridgehead atoms. The Morgan fingerprint density at radius 1 is 1.36 bits per heavy atom. The van der Waals surface area contributed by atoms with Crippen LogP contribution in [0.2, 0.25) is 0 Å². The first-order chi connectivity index (χ1) is 6.88. The van der Waals surface area contributed by atoms with Crippen molar-refractivity contribution < 1.29 is 5.11 Å². The largest absolute Gasteiger partial charge is 0.392 e. The summed E-state index contributed by atoms with van der Waals surface area (Å²) in [7, 11) is 0. The summed E-state index contributed by atoms with van der Waals surface area (Å²) in [4.78, 5) is 0. The second-order valence-corrected chi connectivity index (χ2v) is 3.96. The summed E-state index contributed by atoms with van der Waals surface area (Å²) < 4.78 is 2.31. The summed E-state index contributed by atoms with van der Waals surface area (Å²) in [5.74, 6) is 0. The summed E-state index contributed by atoms with van der Waals surface area (Å²) >= 11 is 0. The Labute approximate surface area is 82.8 Å². The fourth-order valence-electron chi connectivity index (χ4n) is 2.42. The minimum absolute atomic E-state index is 0.147. The van der Waals surface area contributed by atoms with E-state index in [0.29, 0.717) is 0 Å². The Balaban J connectivity index is 2.36. The van der Waals surface area contributed by atoms with Crippen molar-refractivity contribution in [1.82, 2.24) is 4.57 Å². The predicted molar refractivity (Wildman–Crippen MR) is 56.2 cm³/mol. The molecular formula is C12H13NO. The molecule has 72 valence electrons. The third kappa shape index (κ3) is 1.01. The number of rotatable bonds is 1. The fourth-order valence-corrected chi connectivity index (χ4v) is 2.42. The second-order valence-electron chi connectivity index (χ2n) is 3.96. The molecule has 0 aliphatic carbocycles. The molecule has 2 aromatic rings. The van der Waals surface area contributed by atoms with Crippen LogP contribution in [0, 0.1) is 0 Å². The molecule has 0 unspecified atom stereocenters. The first-order valence-corrected chi connectivity index (χ1v) is 5.10. The Morgan fingerprint density at radius 3 is 3.14 bits per heavy atom. The smallest absolute Gasteiger partial charge is 0.0682 e. The summed E-state index contributed by atoms with van der Waals surface area (Å²) in [5.41, 5.74) is 3.79. The van der Waals surface area contributed by atoms with Crippen molar-refractivity contribution >= 4 is 10.9 Å². The molecule has 2 nitrogen and oxygen atoms in total. The normalized spacial score (nSPS) is 14.9. The van der Waals surface area contributed by atoms with Crippen LogP contribution in [-0.4, -0.2) is 9.67 Å². The minimum atomic E-state index is 0.147. The van der Waals surface area contributed by atoms with Crippen LogP contribution >= 0.6 is 0 Å². The van der Waals surface area contributed by atoms with Crippen LogP contribution in [0.1, 0.15) is 17.5 Å². The quantitative estimate of drug-likeness (QED) is 0.726. The average molecular weight is 187 g/mol. The Bertz CT molecular complexity index is 484. The Hall–Kier alpha value is -1.28. The molecule has 2 heterocycles. The van der Waals surface area contributed by atoms with Crippen molar-refractivity contribution in [2.24, 2.45) is 0 Å². The van der Waals surface area contributed by atoms with Crippen LogP contribution < -0.4 is 0 Å². The monoisotopic (exact) mass is 187 g/mol. The summed E-state index contributed by atoms with van der Waals surface area (Å²) in [6.07, 6.45) is 4.51. The molecule has 1 aromatic carbocycles. The van der Waals surface area contributed by atoms with Gasteiger partial charge < -0.3 is 9.67 Å². The van der Waals surface area contributed by atoms with Gasteiger partial charge in [-0.15, -0.1) is 0 Å². The lowest BCUT2D eigenvalue weighted by Crippen LogP contribution is -2.06. The topological polar surface area (TPSA) is 25.2 Å². The van der Waals surface area contributed by atoms with E-state index in [1.807, 2.05) is 0 Å². The van der Waals surface area contributed by atoms with Crippen molar-refractivity contribution in [3.05, 3.63) is 35.5 Å². The lowest BCUT2D eigenvalue weighted by molar-refractivity contribution is 0.282. The zero-order chi connectivity index (χ0) is 9.54.